The fourth-order valence-corrected chi connectivity index (χ4v) is 2.35. The van der Waals surface area contributed by atoms with Crippen LogP contribution in [0, 0.1) is 0 Å². The van der Waals surface area contributed by atoms with Crippen LogP contribution >= 0.6 is 0 Å². The first-order valence-corrected chi connectivity index (χ1v) is 8.42. The predicted octanol–water partition coefficient (Wildman–Crippen LogP) is 2.09. The number of esters is 1. The zero-order valence-electron chi connectivity index (χ0n) is 14.7. The number of carbonyl (C=O) groups excluding carboxylic acids is 3. The van der Waals surface area contributed by atoms with E-state index in [1.54, 1.807) is 6.07 Å². The van der Waals surface area contributed by atoms with E-state index in [4.69, 9.17) is 4.74 Å². The van der Waals surface area contributed by atoms with Crippen molar-refractivity contribution >= 4 is 23.5 Å². The lowest BCUT2D eigenvalue weighted by molar-refractivity contribution is -0.147. The highest BCUT2D eigenvalue weighted by Gasteiger charge is 2.11. The minimum atomic E-state index is -0.662. The molecule has 26 heavy (non-hydrogen) atoms. The van der Waals surface area contributed by atoms with Gasteiger partial charge in [-0.05, 0) is 23.6 Å². The maximum absolute atomic E-state index is 11.9. The number of amides is 2. The van der Waals surface area contributed by atoms with Gasteiger partial charge in [-0.25, -0.2) is 0 Å². The van der Waals surface area contributed by atoms with Gasteiger partial charge in [0.15, 0.2) is 6.61 Å². The molecule has 0 bridgehead atoms. The number of nitrogens with one attached hydrogen (secondary N) is 2. The monoisotopic (exact) mass is 354 g/mol. The van der Waals surface area contributed by atoms with Gasteiger partial charge in [0.05, 0.1) is 6.42 Å². The maximum Gasteiger partial charge on any atom is 0.325 e. The number of aryl methyl sites for hydroxylation is 1. The third kappa shape index (κ3) is 6.39. The number of carbonyl (C=O) groups is 3. The normalized spacial score (nSPS) is 10.0. The van der Waals surface area contributed by atoms with Crippen molar-refractivity contribution in [2.45, 2.75) is 19.8 Å². The first-order chi connectivity index (χ1) is 12.6. The second-order valence-electron chi connectivity index (χ2n) is 5.66. The molecule has 136 valence electrons. The van der Waals surface area contributed by atoms with E-state index in [9.17, 15) is 14.4 Å². The number of hydrogen-bond acceptors (Lipinski definition) is 4. The minimum absolute atomic E-state index is 0.183. The number of benzene rings is 2. The van der Waals surface area contributed by atoms with Crippen molar-refractivity contribution < 1.29 is 19.1 Å². The molecule has 0 aliphatic rings. The summed E-state index contributed by atoms with van der Waals surface area (Å²) in [6.07, 6.45) is 0.964. The van der Waals surface area contributed by atoms with E-state index in [1.165, 1.54) is 0 Å². The number of hydrogen-bond donors (Lipinski definition) is 2. The van der Waals surface area contributed by atoms with Crippen molar-refractivity contribution in [2.75, 3.05) is 18.5 Å². The van der Waals surface area contributed by atoms with Crippen LogP contribution in [0.4, 0.5) is 5.69 Å². The SMILES string of the molecule is CCc1ccccc1NC(=O)COC(=O)CNC(=O)Cc1ccccc1. The van der Waals surface area contributed by atoms with Gasteiger partial charge in [-0.3, -0.25) is 14.4 Å². The molecule has 0 heterocycles. The van der Waals surface area contributed by atoms with Gasteiger partial charge in [0.25, 0.3) is 5.91 Å². The molecular weight excluding hydrogens is 332 g/mol. The Morgan fingerprint density at radius 3 is 2.35 bits per heavy atom. The lowest BCUT2D eigenvalue weighted by Crippen LogP contribution is -2.33. The second kappa shape index (κ2) is 9.98. The number of para-hydroxylation sites is 1. The lowest BCUT2D eigenvalue weighted by Gasteiger charge is -2.10. The highest BCUT2D eigenvalue weighted by Crippen LogP contribution is 2.15. The van der Waals surface area contributed by atoms with Gasteiger partial charge in [0.2, 0.25) is 5.91 Å². The molecule has 2 amide bonds. The van der Waals surface area contributed by atoms with Crippen molar-refractivity contribution in [3.05, 3.63) is 65.7 Å². The molecular formula is C20H22N2O4. The highest BCUT2D eigenvalue weighted by atomic mass is 16.5. The van der Waals surface area contributed by atoms with Gasteiger partial charge in [-0.15, -0.1) is 0 Å². The largest absolute Gasteiger partial charge is 0.454 e. The van der Waals surface area contributed by atoms with Crippen LogP contribution in [0.1, 0.15) is 18.1 Å². The molecule has 2 N–H and O–H groups in total. The molecule has 0 saturated heterocycles. The maximum atomic E-state index is 11.9. The Morgan fingerprint density at radius 1 is 0.923 bits per heavy atom. The zero-order valence-corrected chi connectivity index (χ0v) is 14.7. The summed E-state index contributed by atoms with van der Waals surface area (Å²) in [7, 11) is 0. The Hall–Kier alpha value is -3.15. The van der Waals surface area contributed by atoms with Crippen LogP contribution in [-0.4, -0.2) is 30.9 Å². The van der Waals surface area contributed by atoms with E-state index in [1.807, 2.05) is 55.5 Å². The average Bonchev–Trinajstić information content (AvgIpc) is 2.66. The van der Waals surface area contributed by atoms with E-state index < -0.39 is 18.5 Å². The van der Waals surface area contributed by atoms with E-state index >= 15 is 0 Å². The van der Waals surface area contributed by atoms with Crippen molar-refractivity contribution in [3.8, 4) is 0 Å². The molecule has 2 aromatic carbocycles. The molecule has 0 radical (unpaired) electrons. The van der Waals surface area contributed by atoms with E-state index in [-0.39, 0.29) is 18.9 Å². The van der Waals surface area contributed by atoms with Gasteiger partial charge in [-0.2, -0.15) is 0 Å². The molecule has 2 aromatic rings. The standard InChI is InChI=1S/C20H22N2O4/c1-2-16-10-6-7-11-17(16)22-19(24)14-26-20(25)13-21-18(23)12-15-8-4-3-5-9-15/h3-11H,2,12-14H2,1H3,(H,21,23)(H,22,24). The van der Waals surface area contributed by atoms with Gasteiger partial charge >= 0.3 is 5.97 Å². The molecule has 0 aliphatic carbocycles. The minimum Gasteiger partial charge on any atom is -0.454 e. The van der Waals surface area contributed by atoms with Crippen LogP contribution in [0.2, 0.25) is 0 Å². The molecule has 0 saturated carbocycles. The fraction of sp³-hybridized carbons (Fsp3) is 0.250. The van der Waals surface area contributed by atoms with Gasteiger partial charge in [0, 0.05) is 5.69 Å². The number of rotatable bonds is 8. The fourth-order valence-electron chi connectivity index (χ4n) is 2.35. The molecule has 0 aromatic heterocycles. The third-order valence-corrected chi connectivity index (χ3v) is 3.67. The van der Waals surface area contributed by atoms with Crippen molar-refractivity contribution in [2.24, 2.45) is 0 Å². The van der Waals surface area contributed by atoms with E-state index in [0.29, 0.717) is 5.69 Å². The average molecular weight is 354 g/mol. The first kappa shape index (κ1) is 19.2. The molecule has 6 heteroatoms. The Bertz CT molecular complexity index is 759. The summed E-state index contributed by atoms with van der Waals surface area (Å²) in [6, 6.07) is 16.6. The molecule has 0 spiro atoms. The summed E-state index contributed by atoms with van der Waals surface area (Å²) in [5, 5.41) is 5.19. The zero-order chi connectivity index (χ0) is 18.8. The van der Waals surface area contributed by atoms with Crippen LogP contribution in [0.5, 0.6) is 0 Å². The Morgan fingerprint density at radius 2 is 1.62 bits per heavy atom. The van der Waals surface area contributed by atoms with Crippen molar-refractivity contribution in [3.63, 3.8) is 0 Å². The number of ether oxygens (including phenoxy) is 1. The summed E-state index contributed by atoms with van der Waals surface area (Å²) in [5.41, 5.74) is 2.56. The van der Waals surface area contributed by atoms with E-state index in [2.05, 4.69) is 10.6 Å². The summed E-state index contributed by atoms with van der Waals surface area (Å²) >= 11 is 0. The Balaban J connectivity index is 1.69. The van der Waals surface area contributed by atoms with Crippen molar-refractivity contribution in [1.82, 2.24) is 5.32 Å². The molecule has 0 fully saturated rings. The molecule has 0 aliphatic heterocycles. The first-order valence-electron chi connectivity index (χ1n) is 8.42. The van der Waals surface area contributed by atoms with Gasteiger partial charge in [-0.1, -0.05) is 55.5 Å². The third-order valence-electron chi connectivity index (χ3n) is 3.67. The van der Waals surface area contributed by atoms with Gasteiger partial charge in [0.1, 0.15) is 6.54 Å². The quantitative estimate of drug-likeness (QED) is 0.711. The Labute approximate surface area is 152 Å². The molecule has 2 rings (SSSR count). The summed E-state index contributed by atoms with van der Waals surface area (Å²) in [5.74, 6) is -1.37. The lowest BCUT2D eigenvalue weighted by atomic mass is 10.1. The highest BCUT2D eigenvalue weighted by molar-refractivity contribution is 5.93. The van der Waals surface area contributed by atoms with Gasteiger partial charge < -0.3 is 15.4 Å². The summed E-state index contributed by atoms with van der Waals surface area (Å²) < 4.78 is 4.88. The number of anilines is 1. The van der Waals surface area contributed by atoms with Crippen molar-refractivity contribution in [1.29, 1.82) is 0 Å². The molecule has 0 unspecified atom stereocenters. The summed E-state index contributed by atoms with van der Waals surface area (Å²) in [4.78, 5) is 35.3. The molecule has 0 atom stereocenters. The predicted molar refractivity (Wildman–Crippen MR) is 98.6 cm³/mol. The summed E-state index contributed by atoms with van der Waals surface area (Å²) in [6.45, 7) is 1.32. The van der Waals surface area contributed by atoms with Crippen LogP contribution in [-0.2, 0) is 32.0 Å². The second-order valence-corrected chi connectivity index (χ2v) is 5.66. The van der Waals surface area contributed by atoms with Crippen LogP contribution in [0.15, 0.2) is 54.6 Å². The van der Waals surface area contributed by atoms with Crippen LogP contribution < -0.4 is 10.6 Å². The smallest absolute Gasteiger partial charge is 0.325 e. The van der Waals surface area contributed by atoms with E-state index in [0.717, 1.165) is 17.5 Å². The Kier molecular flexibility index (Phi) is 7.36. The topological polar surface area (TPSA) is 84.5 Å². The van der Waals surface area contributed by atoms with Crippen LogP contribution in [0.3, 0.4) is 0 Å². The van der Waals surface area contributed by atoms with Crippen LogP contribution in [0.25, 0.3) is 0 Å². The molecule has 6 nitrogen and oxygen atoms in total.